The number of piperidine rings is 1. The average molecular weight is 338 g/mol. The molecular weight excluding hydrogens is 322 g/mol. The van der Waals surface area contributed by atoms with Gasteiger partial charge in [-0.2, -0.15) is 0 Å². The third-order valence-corrected chi connectivity index (χ3v) is 4.90. The quantitative estimate of drug-likeness (QED) is 0.916. The molecule has 1 N–H and O–H groups in total. The summed E-state index contributed by atoms with van der Waals surface area (Å²) in [5, 5.41) is 11.8. The van der Waals surface area contributed by atoms with Gasteiger partial charge in [0.15, 0.2) is 11.6 Å². The first kappa shape index (κ1) is 16.0. The zero-order chi connectivity index (χ0) is 16.6. The molecule has 1 aromatic carbocycles. The van der Waals surface area contributed by atoms with Gasteiger partial charge in [-0.25, -0.2) is 13.8 Å². The molecule has 2 heterocycles. The number of aliphatic hydroxyl groups excluding tert-OH is 1. The van der Waals surface area contributed by atoms with Crippen LogP contribution in [0.1, 0.15) is 30.3 Å². The largest absolute Gasteiger partial charge is 0.391 e. The van der Waals surface area contributed by atoms with E-state index in [0.29, 0.717) is 17.0 Å². The highest BCUT2D eigenvalue weighted by atomic mass is 32.1. The lowest BCUT2D eigenvalue weighted by atomic mass is 10.0. The molecule has 1 aliphatic heterocycles. The van der Waals surface area contributed by atoms with Gasteiger partial charge >= 0.3 is 0 Å². The molecule has 122 valence electrons. The monoisotopic (exact) mass is 338 g/mol. The number of β-amino-alcohol motifs (C(OH)–C–C–N with tert-alkyl or cyclic N) is 1. The highest BCUT2D eigenvalue weighted by molar-refractivity contribution is 7.13. The molecule has 1 fully saturated rings. The Morgan fingerprint density at radius 3 is 2.87 bits per heavy atom. The Bertz CT molecular complexity index is 735. The number of likely N-dealkylation sites (tertiary alicyclic amines) is 1. The van der Waals surface area contributed by atoms with Crippen LogP contribution in [0.15, 0.2) is 23.6 Å². The standard InChI is InChI=1S/C16H16F2N2O2S/c1-9-2-4-11(21)7-20(9)16(22)14-8-23-15(19-14)10-3-5-12(17)13(18)6-10/h3,5-6,8-9,11,21H,2,4,7H2,1H3/t9-,11-/m1/s1. The van der Waals surface area contributed by atoms with Gasteiger partial charge in [-0.05, 0) is 38.0 Å². The van der Waals surface area contributed by atoms with E-state index in [2.05, 4.69) is 4.98 Å². The van der Waals surface area contributed by atoms with Crippen LogP contribution in [-0.2, 0) is 0 Å². The van der Waals surface area contributed by atoms with Crippen molar-refractivity contribution < 1.29 is 18.7 Å². The molecule has 0 radical (unpaired) electrons. The van der Waals surface area contributed by atoms with Crippen molar-refractivity contribution in [3.8, 4) is 10.6 Å². The van der Waals surface area contributed by atoms with E-state index < -0.39 is 17.7 Å². The molecule has 3 rings (SSSR count). The number of hydrogen-bond acceptors (Lipinski definition) is 4. The van der Waals surface area contributed by atoms with Crippen LogP contribution in [0.5, 0.6) is 0 Å². The van der Waals surface area contributed by atoms with Crippen LogP contribution in [0, 0.1) is 11.6 Å². The van der Waals surface area contributed by atoms with Crippen LogP contribution in [0.2, 0.25) is 0 Å². The number of amides is 1. The van der Waals surface area contributed by atoms with Gasteiger partial charge in [-0.15, -0.1) is 11.3 Å². The molecule has 1 aliphatic rings. The van der Waals surface area contributed by atoms with Gasteiger partial charge in [-0.3, -0.25) is 4.79 Å². The molecule has 2 aromatic rings. The van der Waals surface area contributed by atoms with Crippen molar-refractivity contribution >= 4 is 17.2 Å². The number of rotatable bonds is 2. The zero-order valence-corrected chi connectivity index (χ0v) is 13.3. The SMILES string of the molecule is C[C@@H]1CC[C@@H](O)CN1C(=O)c1csc(-c2ccc(F)c(F)c2)n1. The maximum atomic E-state index is 13.3. The van der Waals surface area contributed by atoms with E-state index in [4.69, 9.17) is 0 Å². The average Bonchev–Trinajstić information content (AvgIpc) is 3.01. The molecule has 7 heteroatoms. The predicted molar refractivity (Wildman–Crippen MR) is 83.2 cm³/mol. The molecule has 0 aliphatic carbocycles. The van der Waals surface area contributed by atoms with Crippen molar-refractivity contribution in [2.45, 2.75) is 31.9 Å². The molecule has 0 unspecified atom stereocenters. The second-order valence-electron chi connectivity index (χ2n) is 5.70. The number of thiazole rings is 1. The molecule has 23 heavy (non-hydrogen) atoms. The van der Waals surface area contributed by atoms with Crippen molar-refractivity contribution in [3.05, 3.63) is 40.9 Å². The molecule has 1 saturated heterocycles. The Balaban J connectivity index is 1.83. The minimum Gasteiger partial charge on any atom is -0.391 e. The molecule has 0 saturated carbocycles. The Morgan fingerprint density at radius 1 is 1.35 bits per heavy atom. The van der Waals surface area contributed by atoms with Gasteiger partial charge in [0, 0.05) is 23.5 Å². The summed E-state index contributed by atoms with van der Waals surface area (Å²) in [4.78, 5) is 18.4. The summed E-state index contributed by atoms with van der Waals surface area (Å²) in [6.45, 7) is 2.23. The first-order valence-corrected chi connectivity index (χ1v) is 8.23. The number of aliphatic hydroxyl groups is 1. The van der Waals surface area contributed by atoms with Crippen molar-refractivity contribution in [2.24, 2.45) is 0 Å². The fourth-order valence-electron chi connectivity index (χ4n) is 2.65. The van der Waals surface area contributed by atoms with E-state index in [9.17, 15) is 18.7 Å². The van der Waals surface area contributed by atoms with Crippen molar-refractivity contribution in [3.63, 3.8) is 0 Å². The summed E-state index contributed by atoms with van der Waals surface area (Å²) >= 11 is 1.20. The lowest BCUT2D eigenvalue weighted by molar-refractivity contribution is 0.0306. The second-order valence-corrected chi connectivity index (χ2v) is 6.56. The summed E-state index contributed by atoms with van der Waals surface area (Å²) in [6.07, 6.45) is 0.911. The number of benzene rings is 1. The van der Waals surface area contributed by atoms with Gasteiger partial charge in [0.1, 0.15) is 10.7 Å². The lowest BCUT2D eigenvalue weighted by Crippen LogP contribution is -2.47. The summed E-state index contributed by atoms with van der Waals surface area (Å²) in [6, 6.07) is 3.57. The molecule has 0 spiro atoms. The molecule has 1 aromatic heterocycles. The summed E-state index contributed by atoms with van der Waals surface area (Å²) in [7, 11) is 0. The van der Waals surface area contributed by atoms with Crippen LogP contribution in [0.25, 0.3) is 10.6 Å². The van der Waals surface area contributed by atoms with E-state index in [1.807, 2.05) is 6.92 Å². The number of halogens is 2. The fourth-order valence-corrected chi connectivity index (χ4v) is 3.44. The molecule has 0 bridgehead atoms. The van der Waals surface area contributed by atoms with Crippen LogP contribution in [0.3, 0.4) is 0 Å². The predicted octanol–water partition coefficient (Wildman–Crippen LogP) is 3.07. The Labute approximate surface area is 136 Å². The van der Waals surface area contributed by atoms with Gasteiger partial charge in [0.05, 0.1) is 6.10 Å². The van der Waals surface area contributed by atoms with E-state index in [0.717, 1.165) is 18.6 Å². The Kier molecular flexibility index (Phi) is 4.41. The topological polar surface area (TPSA) is 53.4 Å². The highest BCUT2D eigenvalue weighted by Gasteiger charge is 2.29. The Morgan fingerprint density at radius 2 is 2.13 bits per heavy atom. The van der Waals surface area contributed by atoms with E-state index in [1.165, 1.54) is 17.4 Å². The van der Waals surface area contributed by atoms with Crippen LogP contribution < -0.4 is 0 Å². The Hall–Kier alpha value is -1.86. The number of hydrogen-bond donors (Lipinski definition) is 1. The summed E-state index contributed by atoms with van der Waals surface area (Å²) in [5.41, 5.74) is 0.690. The highest BCUT2D eigenvalue weighted by Crippen LogP contribution is 2.27. The van der Waals surface area contributed by atoms with Crippen LogP contribution in [-0.4, -0.2) is 39.6 Å². The first-order valence-electron chi connectivity index (χ1n) is 7.35. The van der Waals surface area contributed by atoms with Gasteiger partial charge in [-0.1, -0.05) is 0 Å². The maximum Gasteiger partial charge on any atom is 0.273 e. The third kappa shape index (κ3) is 3.25. The number of carbonyl (C=O) groups is 1. The first-order chi connectivity index (χ1) is 11.0. The fraction of sp³-hybridized carbons (Fsp3) is 0.375. The molecule has 1 amide bonds. The van der Waals surface area contributed by atoms with Crippen molar-refractivity contribution in [1.29, 1.82) is 0 Å². The summed E-state index contributed by atoms with van der Waals surface area (Å²) in [5.74, 6) is -2.11. The van der Waals surface area contributed by atoms with Gasteiger partial charge in [0.2, 0.25) is 0 Å². The number of nitrogens with zero attached hydrogens (tertiary/aromatic N) is 2. The maximum absolute atomic E-state index is 13.3. The van der Waals surface area contributed by atoms with E-state index in [1.54, 1.807) is 10.3 Å². The normalized spacial score (nSPS) is 21.5. The minimum atomic E-state index is -0.946. The lowest BCUT2D eigenvalue weighted by Gasteiger charge is -2.35. The molecule has 2 atom stereocenters. The number of carbonyl (C=O) groups excluding carboxylic acids is 1. The third-order valence-electron chi connectivity index (χ3n) is 4.01. The van der Waals surface area contributed by atoms with E-state index in [-0.39, 0.29) is 24.2 Å². The zero-order valence-electron chi connectivity index (χ0n) is 12.5. The van der Waals surface area contributed by atoms with Crippen LogP contribution >= 0.6 is 11.3 Å². The molecular formula is C16H16F2N2O2S. The van der Waals surface area contributed by atoms with Gasteiger partial charge in [0.25, 0.3) is 5.91 Å². The summed E-state index contributed by atoms with van der Waals surface area (Å²) < 4.78 is 26.3. The van der Waals surface area contributed by atoms with E-state index >= 15 is 0 Å². The minimum absolute atomic E-state index is 0.0410. The van der Waals surface area contributed by atoms with Gasteiger partial charge < -0.3 is 10.0 Å². The molecule has 4 nitrogen and oxygen atoms in total. The van der Waals surface area contributed by atoms with Crippen molar-refractivity contribution in [1.82, 2.24) is 9.88 Å². The van der Waals surface area contributed by atoms with Crippen LogP contribution in [0.4, 0.5) is 8.78 Å². The number of aromatic nitrogens is 1. The smallest absolute Gasteiger partial charge is 0.273 e. The second kappa shape index (κ2) is 6.33. The van der Waals surface area contributed by atoms with Crippen molar-refractivity contribution in [2.75, 3.05) is 6.54 Å².